The predicted octanol–water partition coefficient (Wildman–Crippen LogP) is 2.77. The van der Waals surface area contributed by atoms with E-state index in [0.717, 1.165) is 9.92 Å². The van der Waals surface area contributed by atoms with Crippen molar-refractivity contribution in [3.05, 3.63) is 0 Å². The molecule has 0 saturated heterocycles. The van der Waals surface area contributed by atoms with E-state index < -0.39 is 0 Å². The Labute approximate surface area is 70.8 Å². The quantitative estimate of drug-likeness (QED) is 0.422. The second kappa shape index (κ2) is 11.0. The van der Waals surface area contributed by atoms with Gasteiger partial charge in [0.05, 0.1) is 0 Å². The Kier molecular flexibility index (Phi) is 16.2. The van der Waals surface area contributed by atoms with E-state index in [1.807, 2.05) is 0 Å². The van der Waals surface area contributed by atoms with Gasteiger partial charge in [0.25, 0.3) is 0 Å². The van der Waals surface area contributed by atoms with Gasteiger partial charge in [0.2, 0.25) is 0 Å². The van der Waals surface area contributed by atoms with Crippen LogP contribution in [0.4, 0.5) is 0 Å². The first-order valence-electron chi connectivity index (χ1n) is 3.21. The van der Waals surface area contributed by atoms with Crippen molar-refractivity contribution in [2.75, 3.05) is 5.33 Å². The van der Waals surface area contributed by atoms with Crippen molar-refractivity contribution in [3.63, 3.8) is 0 Å². The van der Waals surface area contributed by atoms with Gasteiger partial charge in [-0.3, -0.25) is 0 Å². The molecule has 0 aromatic heterocycles. The van der Waals surface area contributed by atoms with E-state index in [2.05, 4.69) is 54.4 Å². The van der Waals surface area contributed by atoms with E-state index in [4.69, 9.17) is 0 Å². The van der Waals surface area contributed by atoms with Crippen molar-refractivity contribution in [2.24, 2.45) is 0 Å². The molecule has 0 atom stereocenters. The Balaban J connectivity index is 0. The molecule has 0 bridgehead atoms. The number of hydrogen-bond acceptors (Lipinski definition) is 0. The summed E-state index contributed by atoms with van der Waals surface area (Å²) in [5.74, 6) is 0. The molecule has 2 heteroatoms. The molecule has 0 spiro atoms. The predicted molar refractivity (Wildman–Crippen MR) is 44.9 cm³/mol. The van der Waals surface area contributed by atoms with Gasteiger partial charge in [0.15, 0.2) is 0 Å². The Bertz CT molecular complexity index is 25.0. The van der Waals surface area contributed by atoms with E-state index in [0.29, 0.717) is 0 Å². The van der Waals surface area contributed by atoms with Gasteiger partial charge in [-0.15, -0.1) is 0 Å². The van der Waals surface area contributed by atoms with Gasteiger partial charge >= 0.3 is 36.2 Å². The fourth-order valence-corrected chi connectivity index (χ4v) is 0. The fourth-order valence-electron chi connectivity index (χ4n) is 0. The summed E-state index contributed by atoms with van der Waals surface area (Å²) in [5, 5.41) is 1.13. The number of rotatable bonds is 1. The second-order valence-corrected chi connectivity index (χ2v) is 3.21. The van der Waals surface area contributed by atoms with Crippen molar-refractivity contribution in [1.82, 2.24) is 0 Å². The maximum atomic E-state index is 3.25. The van der Waals surface area contributed by atoms with Crippen LogP contribution in [0.15, 0.2) is 0 Å². The van der Waals surface area contributed by atoms with Crippen LogP contribution in [-0.4, -0.2) is 23.0 Å². The normalized spacial score (nSPS) is 8.38. The molecular formula is C6H14BrLi. The zero-order valence-corrected chi connectivity index (χ0v) is 7.96. The molecule has 0 aliphatic heterocycles. The van der Waals surface area contributed by atoms with E-state index in [-0.39, 0.29) is 0 Å². The van der Waals surface area contributed by atoms with E-state index in [1.54, 1.807) is 0 Å². The number of hydrogen-bond donors (Lipinski definition) is 0. The molecule has 0 unspecified atom stereocenters. The maximum absolute atomic E-state index is 3.25. The van der Waals surface area contributed by atoms with Gasteiger partial charge in [0.1, 0.15) is 0 Å². The molecule has 0 aliphatic rings. The number of halogens is 1. The first-order chi connectivity index (χ1) is 3.65. The molecule has 0 nitrogen and oxygen atoms in total. The Hall–Kier alpha value is 1.08. The minimum absolute atomic E-state index is 0.833. The molecule has 46 valence electrons. The van der Waals surface area contributed by atoms with Crippen molar-refractivity contribution in [2.45, 2.75) is 31.8 Å². The van der Waals surface area contributed by atoms with Crippen LogP contribution in [0, 0.1) is 0 Å². The third kappa shape index (κ3) is 60.6. The summed E-state index contributed by atoms with van der Waals surface area (Å²) in [4.78, 5) is 0. The molecule has 0 rings (SSSR count). The van der Waals surface area contributed by atoms with Crippen molar-refractivity contribution in [1.29, 1.82) is 0 Å². The van der Waals surface area contributed by atoms with E-state index >= 15 is 0 Å². The summed E-state index contributed by atoms with van der Waals surface area (Å²) in [7, 11) is 0. The van der Waals surface area contributed by atoms with Crippen LogP contribution in [-0.2, 0) is 0 Å². The molecule has 0 heterocycles. The van der Waals surface area contributed by atoms with Crippen LogP contribution in [0.5, 0.6) is 0 Å². The third-order valence-corrected chi connectivity index (χ3v) is 0.982. The van der Waals surface area contributed by atoms with Gasteiger partial charge < -0.3 is 0 Å². The average Bonchev–Trinajstić information content (AvgIpc) is 1.65. The summed E-state index contributed by atoms with van der Waals surface area (Å²) < 4.78 is 0.833. The molecule has 0 radical (unpaired) electrons. The van der Waals surface area contributed by atoms with Gasteiger partial charge in [-0.2, -0.15) is 0 Å². The standard InChI is InChI=1S/C3H7Br.C3H7.Li/c1-2-3-4;1-3-2;/h2-3H2,1H3;3H,1-2H3;. The van der Waals surface area contributed by atoms with Gasteiger partial charge in [-0.25, -0.2) is 0 Å². The fraction of sp³-hybridized carbons (Fsp3) is 1.00. The topological polar surface area (TPSA) is 0 Å². The zero-order valence-electron chi connectivity index (χ0n) is 6.37. The summed E-state index contributed by atoms with van der Waals surface area (Å²) in [5.41, 5.74) is 0. The summed E-state index contributed by atoms with van der Waals surface area (Å²) in [6.45, 7) is 6.47. The van der Waals surface area contributed by atoms with Crippen LogP contribution in [0.25, 0.3) is 0 Å². The average molecular weight is 173 g/mol. The Morgan fingerprint density at radius 2 is 1.62 bits per heavy atom. The van der Waals surface area contributed by atoms with Crippen molar-refractivity contribution < 1.29 is 0 Å². The molecule has 8 heavy (non-hydrogen) atoms. The summed E-state index contributed by atoms with van der Waals surface area (Å²) in [6, 6.07) is 0. The van der Waals surface area contributed by atoms with Crippen molar-refractivity contribution >= 4 is 33.6 Å². The molecule has 0 aromatic rings. The van der Waals surface area contributed by atoms with Crippen molar-refractivity contribution in [3.8, 4) is 0 Å². The molecule has 0 aliphatic carbocycles. The molecule has 0 saturated carbocycles. The number of alkyl halides is 1. The SMILES string of the molecule is CCCBr.[Li][CH](C)C. The molecule has 0 fully saturated rings. The molecule has 0 amide bonds. The Morgan fingerprint density at radius 1 is 1.50 bits per heavy atom. The van der Waals surface area contributed by atoms with E-state index in [1.165, 1.54) is 6.42 Å². The summed E-state index contributed by atoms with van der Waals surface area (Å²) >= 11 is 5.41. The van der Waals surface area contributed by atoms with Crippen LogP contribution in [0.1, 0.15) is 27.2 Å². The first-order valence-corrected chi connectivity index (χ1v) is 4.33. The minimum atomic E-state index is 0.833. The second-order valence-electron chi connectivity index (χ2n) is 2.42. The van der Waals surface area contributed by atoms with Gasteiger partial charge in [-0.1, -0.05) is 22.9 Å². The van der Waals surface area contributed by atoms with Crippen LogP contribution in [0.2, 0.25) is 4.59 Å². The van der Waals surface area contributed by atoms with Crippen LogP contribution in [0.3, 0.4) is 0 Å². The molecule has 0 aromatic carbocycles. The zero-order chi connectivity index (χ0) is 6.99. The monoisotopic (exact) mass is 172 g/mol. The van der Waals surface area contributed by atoms with Crippen LogP contribution < -0.4 is 0 Å². The molecular weight excluding hydrogens is 159 g/mol. The Morgan fingerprint density at radius 3 is 1.62 bits per heavy atom. The van der Waals surface area contributed by atoms with E-state index in [9.17, 15) is 0 Å². The molecule has 0 N–H and O–H groups in total. The van der Waals surface area contributed by atoms with Gasteiger partial charge in [0, 0.05) is 5.33 Å². The van der Waals surface area contributed by atoms with Gasteiger partial charge in [-0.05, 0) is 6.42 Å². The van der Waals surface area contributed by atoms with Crippen LogP contribution >= 0.6 is 15.9 Å². The third-order valence-electron chi connectivity index (χ3n) is 0.189. The first kappa shape index (κ1) is 11.8. The summed E-state index contributed by atoms with van der Waals surface area (Å²) in [6.07, 6.45) is 1.24.